The standard InChI is InChI=1S/C40H74N4OS2.3ClH/c1-30(2)11-8-12-31(3)33-15-16-35-34(33)17-18-37-36(35)14-13-32-29-39(4,20-21-40(32,37)5)47-46-28-19-38(45)44(27-10-23-42)26-7-6-24-43-25-9-22-41;;;/h13,30-31,33-37,43H,6-12,14-29,41-42H2,1-5H3;3*1H/t31-,33-,34-,35+,36+,37+,39+,40+;;;/m1.../s1. The van der Waals surface area contributed by atoms with Gasteiger partial charge in [0.2, 0.25) is 5.91 Å². The largest absolute Gasteiger partial charge is 0.343 e. The van der Waals surface area contributed by atoms with Crippen LogP contribution in [0.5, 0.6) is 0 Å². The van der Waals surface area contributed by atoms with Gasteiger partial charge in [-0.05, 0) is 157 Å². The molecule has 0 bridgehead atoms. The van der Waals surface area contributed by atoms with E-state index in [4.69, 9.17) is 11.5 Å². The molecule has 0 saturated heterocycles. The van der Waals surface area contributed by atoms with Crippen LogP contribution in [0, 0.1) is 46.8 Å². The topological polar surface area (TPSA) is 84.4 Å². The molecule has 50 heavy (non-hydrogen) atoms. The summed E-state index contributed by atoms with van der Waals surface area (Å²) in [7, 11) is 4.03. The quantitative estimate of drug-likeness (QED) is 0.0609. The number of rotatable bonds is 21. The van der Waals surface area contributed by atoms with Crippen LogP contribution in [0.1, 0.15) is 137 Å². The van der Waals surface area contributed by atoms with Crippen LogP contribution in [0.3, 0.4) is 0 Å². The maximum Gasteiger partial charge on any atom is 0.223 e. The van der Waals surface area contributed by atoms with Gasteiger partial charge >= 0.3 is 0 Å². The van der Waals surface area contributed by atoms with E-state index >= 15 is 0 Å². The number of hydrogen-bond donors (Lipinski definition) is 3. The second-order valence-electron chi connectivity index (χ2n) is 17.0. The van der Waals surface area contributed by atoms with Crippen molar-refractivity contribution < 1.29 is 4.79 Å². The van der Waals surface area contributed by atoms with E-state index in [1.807, 2.05) is 10.8 Å². The minimum atomic E-state index is 0. The summed E-state index contributed by atoms with van der Waals surface area (Å²) in [5.41, 5.74) is 13.6. The Morgan fingerprint density at radius 2 is 1.58 bits per heavy atom. The maximum atomic E-state index is 13.2. The maximum absolute atomic E-state index is 13.2. The summed E-state index contributed by atoms with van der Waals surface area (Å²) in [6, 6.07) is 0. The van der Waals surface area contributed by atoms with Gasteiger partial charge < -0.3 is 21.7 Å². The normalized spacial score (nSPS) is 30.5. The zero-order valence-electron chi connectivity index (χ0n) is 32.4. The van der Waals surface area contributed by atoms with E-state index in [9.17, 15) is 4.79 Å². The summed E-state index contributed by atoms with van der Waals surface area (Å²) >= 11 is 0. The molecule has 0 spiro atoms. The summed E-state index contributed by atoms with van der Waals surface area (Å²) in [4.78, 5) is 15.3. The van der Waals surface area contributed by atoms with Gasteiger partial charge in [-0.2, -0.15) is 0 Å². The highest BCUT2D eigenvalue weighted by molar-refractivity contribution is 8.77. The lowest BCUT2D eigenvalue weighted by molar-refractivity contribution is -0.130. The van der Waals surface area contributed by atoms with Gasteiger partial charge in [-0.1, -0.05) is 80.2 Å². The Labute approximate surface area is 335 Å². The fourth-order valence-corrected chi connectivity index (χ4v) is 13.2. The SMILES string of the molecule is CC(C)CCC[C@@H](C)[C@H]1CC[C@H]2[C@@H]1CC[C@H]1[C@H]2CC=C2C[C@@](C)(SSCCC(=O)N(CCCN)CCCCNCCCN)CC[C@@]21C.Cl.Cl.Cl. The first kappa shape index (κ1) is 48.7. The van der Waals surface area contributed by atoms with Crippen molar-refractivity contribution in [2.24, 2.45) is 58.3 Å². The van der Waals surface area contributed by atoms with Crippen LogP contribution >= 0.6 is 58.8 Å². The predicted molar refractivity (Wildman–Crippen MR) is 229 cm³/mol. The second kappa shape index (κ2) is 24.2. The number of allylic oxidation sites excluding steroid dienone is 2. The average molecular weight is 801 g/mol. The van der Waals surface area contributed by atoms with E-state index in [1.54, 1.807) is 5.57 Å². The second-order valence-corrected chi connectivity index (χ2v) is 20.0. The number of halogens is 3. The molecule has 10 heteroatoms. The molecule has 5 N–H and O–H groups in total. The third-order valence-corrected chi connectivity index (χ3v) is 16.4. The Hall–Kier alpha value is 0.660. The number of nitrogens with one attached hydrogen (secondary N) is 1. The van der Waals surface area contributed by atoms with Gasteiger partial charge in [0.1, 0.15) is 0 Å². The third-order valence-electron chi connectivity index (χ3n) is 13.1. The summed E-state index contributed by atoms with van der Waals surface area (Å²) in [6.07, 6.45) is 22.9. The lowest BCUT2D eigenvalue weighted by Gasteiger charge is -2.57. The van der Waals surface area contributed by atoms with Gasteiger partial charge in [0.05, 0.1) is 0 Å². The number of amides is 1. The van der Waals surface area contributed by atoms with Crippen molar-refractivity contribution in [3.8, 4) is 0 Å². The van der Waals surface area contributed by atoms with E-state index in [-0.39, 0.29) is 42.0 Å². The number of hydrogen-bond acceptors (Lipinski definition) is 6. The molecule has 4 aliphatic rings. The van der Waals surface area contributed by atoms with Gasteiger partial charge in [0.15, 0.2) is 0 Å². The van der Waals surface area contributed by atoms with Crippen LogP contribution in [0.4, 0.5) is 0 Å². The minimum absolute atomic E-state index is 0. The molecule has 0 radical (unpaired) electrons. The number of fused-ring (bicyclic) bond motifs is 5. The highest BCUT2D eigenvalue weighted by Gasteiger charge is 2.55. The molecule has 0 heterocycles. The number of unbranched alkanes of at least 4 members (excludes halogenated alkanes) is 1. The van der Waals surface area contributed by atoms with Crippen LogP contribution in [0.25, 0.3) is 0 Å². The molecule has 5 nitrogen and oxygen atoms in total. The molecule has 4 aliphatic carbocycles. The van der Waals surface area contributed by atoms with Gasteiger partial charge in [-0.25, -0.2) is 0 Å². The first-order valence-electron chi connectivity index (χ1n) is 20.0. The first-order valence-corrected chi connectivity index (χ1v) is 22.3. The van der Waals surface area contributed by atoms with Gasteiger partial charge in [0.25, 0.3) is 0 Å². The smallest absolute Gasteiger partial charge is 0.223 e. The average Bonchev–Trinajstić information content (AvgIpc) is 3.49. The predicted octanol–water partition coefficient (Wildman–Crippen LogP) is 10.3. The lowest BCUT2D eigenvalue weighted by Crippen LogP contribution is -2.49. The van der Waals surface area contributed by atoms with Crippen molar-refractivity contribution in [1.29, 1.82) is 0 Å². The van der Waals surface area contributed by atoms with Crippen molar-refractivity contribution in [3.63, 3.8) is 0 Å². The zero-order valence-corrected chi connectivity index (χ0v) is 36.5. The Bertz CT molecular complexity index is 992. The van der Waals surface area contributed by atoms with Crippen LogP contribution in [0.2, 0.25) is 0 Å². The molecule has 0 aromatic heterocycles. The first-order chi connectivity index (χ1) is 22.6. The molecule has 0 unspecified atom stereocenters. The van der Waals surface area contributed by atoms with E-state index in [0.717, 1.165) is 106 Å². The lowest BCUT2D eigenvalue weighted by atomic mass is 9.49. The van der Waals surface area contributed by atoms with E-state index in [1.165, 1.54) is 70.6 Å². The van der Waals surface area contributed by atoms with Crippen LogP contribution in [0.15, 0.2) is 11.6 Å². The molecule has 4 rings (SSSR count). The van der Waals surface area contributed by atoms with Gasteiger partial charge in [-0.15, -0.1) is 37.2 Å². The molecule has 0 aromatic rings. The van der Waals surface area contributed by atoms with Crippen LogP contribution < -0.4 is 16.8 Å². The Morgan fingerprint density at radius 1 is 0.880 bits per heavy atom. The highest BCUT2D eigenvalue weighted by atomic mass is 35.5. The van der Waals surface area contributed by atoms with Crippen molar-refractivity contribution in [3.05, 3.63) is 11.6 Å². The number of carbonyl (C=O) groups excluding carboxylic acids is 1. The highest BCUT2D eigenvalue weighted by Crippen LogP contribution is 2.65. The molecule has 0 aromatic carbocycles. The van der Waals surface area contributed by atoms with Gasteiger partial charge in [-0.3, -0.25) is 4.79 Å². The van der Waals surface area contributed by atoms with E-state index in [2.05, 4.69) is 61.7 Å². The fourth-order valence-electron chi connectivity index (χ4n) is 10.3. The third kappa shape index (κ3) is 13.4. The zero-order chi connectivity index (χ0) is 33.9. The molecule has 3 saturated carbocycles. The molecule has 1 amide bonds. The summed E-state index contributed by atoms with van der Waals surface area (Å²) < 4.78 is 0.281. The Balaban J connectivity index is 0.00000417. The molecule has 8 atom stereocenters. The molecular formula is C40H77Cl3N4OS2. The van der Waals surface area contributed by atoms with Crippen molar-refractivity contribution in [2.45, 2.75) is 142 Å². The van der Waals surface area contributed by atoms with E-state index in [0.29, 0.717) is 24.3 Å². The van der Waals surface area contributed by atoms with Crippen molar-refractivity contribution in [2.75, 3.05) is 45.0 Å². The van der Waals surface area contributed by atoms with Crippen molar-refractivity contribution in [1.82, 2.24) is 10.2 Å². The van der Waals surface area contributed by atoms with Crippen LogP contribution in [-0.4, -0.2) is 60.6 Å². The molecule has 3 fully saturated rings. The minimum Gasteiger partial charge on any atom is -0.343 e. The van der Waals surface area contributed by atoms with Crippen molar-refractivity contribution >= 4 is 64.7 Å². The Kier molecular flexibility index (Phi) is 23.6. The summed E-state index contributed by atoms with van der Waals surface area (Å²) in [5.74, 6) is 7.78. The summed E-state index contributed by atoms with van der Waals surface area (Å²) in [6.45, 7) is 17.5. The molecular weight excluding hydrogens is 723 g/mol. The fraction of sp³-hybridized carbons (Fsp3) is 0.925. The monoisotopic (exact) mass is 798 g/mol. The number of nitrogens with zero attached hydrogens (tertiary/aromatic N) is 1. The van der Waals surface area contributed by atoms with Crippen LogP contribution in [-0.2, 0) is 4.79 Å². The number of carbonyl (C=O) groups is 1. The Morgan fingerprint density at radius 3 is 2.30 bits per heavy atom. The summed E-state index contributed by atoms with van der Waals surface area (Å²) in [5, 5.41) is 3.45. The number of nitrogens with two attached hydrogens (primary N) is 2. The molecule has 296 valence electrons. The van der Waals surface area contributed by atoms with E-state index < -0.39 is 0 Å². The molecule has 0 aliphatic heterocycles. The van der Waals surface area contributed by atoms with Gasteiger partial charge in [0, 0.05) is 30.0 Å².